The molecule has 2 aliphatic rings. The van der Waals surface area contributed by atoms with Crippen molar-refractivity contribution in [3.05, 3.63) is 42.1 Å². The Morgan fingerprint density at radius 2 is 1.82 bits per heavy atom. The van der Waals surface area contributed by atoms with Crippen LogP contribution in [0.25, 0.3) is 28.1 Å². The van der Waals surface area contributed by atoms with Crippen molar-refractivity contribution in [2.24, 2.45) is 0 Å². The van der Waals surface area contributed by atoms with Gasteiger partial charge < -0.3 is 14.7 Å². The number of ether oxygens (including phenoxy) is 1. The highest BCUT2D eigenvalue weighted by Crippen LogP contribution is 2.26. The summed E-state index contributed by atoms with van der Waals surface area (Å²) in [5, 5.41) is 17.3. The Morgan fingerprint density at radius 1 is 1.03 bits per heavy atom. The van der Waals surface area contributed by atoms with Crippen molar-refractivity contribution in [3.8, 4) is 11.4 Å². The van der Waals surface area contributed by atoms with Gasteiger partial charge in [-0.05, 0) is 25.5 Å². The summed E-state index contributed by atoms with van der Waals surface area (Å²) in [6, 6.07) is 12.4. The van der Waals surface area contributed by atoms with Crippen LogP contribution in [-0.2, 0) is 4.74 Å². The number of hydrogen-bond donors (Lipinski definition) is 2. The number of benzene rings is 1. The summed E-state index contributed by atoms with van der Waals surface area (Å²) < 4.78 is 7.46. The zero-order valence-electron chi connectivity index (χ0n) is 18.7. The second-order valence-electron chi connectivity index (χ2n) is 8.99. The molecule has 3 N–H and O–H groups in total. The molecule has 0 spiro atoms. The van der Waals surface area contributed by atoms with Crippen LogP contribution in [-0.4, -0.2) is 68.1 Å². The van der Waals surface area contributed by atoms with Gasteiger partial charge in [0.05, 0.1) is 48.2 Å². The molecule has 33 heavy (non-hydrogen) atoms. The third-order valence-electron chi connectivity index (χ3n) is 6.59. The van der Waals surface area contributed by atoms with Gasteiger partial charge in [0.2, 0.25) is 5.82 Å². The van der Waals surface area contributed by atoms with Crippen LogP contribution in [0.4, 0.5) is 11.6 Å². The standard InChI is InChI=1S/C24H27N7O2/c1-15-24(27-19-5-3-2-4-18(19)25-15)20-12-22-28-21(30-9-6-17(32)14-30)13-23(31(22)29-20)26-16-7-10-33-11-8-16/h2-5,12-13,16-17,26,32H,6-11,14H2,1H3/p+1. The monoisotopic (exact) mass is 446 g/mol. The number of β-amino-alcohol motifs (C(OH)–C–C–N with tert-alkyl or cyclic N) is 1. The van der Waals surface area contributed by atoms with E-state index in [1.807, 2.05) is 41.8 Å². The van der Waals surface area contributed by atoms with Crippen molar-refractivity contribution in [1.29, 1.82) is 0 Å². The molecular weight excluding hydrogens is 418 g/mol. The lowest BCUT2D eigenvalue weighted by Crippen LogP contribution is -2.86. The van der Waals surface area contributed by atoms with Gasteiger partial charge in [0.25, 0.3) is 0 Å². The first-order valence-corrected chi connectivity index (χ1v) is 11.6. The normalized spacial score (nSPS) is 19.7. The summed E-state index contributed by atoms with van der Waals surface area (Å²) in [5.74, 6) is 1.89. The number of aryl methyl sites for hydroxylation is 1. The molecule has 0 radical (unpaired) electrons. The number of nitrogens with zero attached hydrogens (tertiary/aromatic N) is 6. The number of nitrogens with two attached hydrogens (primary N) is 1. The van der Waals surface area contributed by atoms with E-state index in [1.54, 1.807) is 0 Å². The molecular formula is C24H28N7O2+. The first-order chi connectivity index (χ1) is 16.1. The van der Waals surface area contributed by atoms with Crippen LogP contribution in [0, 0.1) is 6.92 Å². The summed E-state index contributed by atoms with van der Waals surface area (Å²) in [5.41, 5.74) is 4.88. The number of para-hydroxylation sites is 2. The molecule has 9 heteroatoms. The fraction of sp³-hybridized carbons (Fsp3) is 0.417. The maximum atomic E-state index is 10.1. The molecule has 0 bridgehead atoms. The Kier molecular flexibility index (Phi) is 5.17. The molecule has 2 saturated heterocycles. The van der Waals surface area contributed by atoms with Gasteiger partial charge in [-0.25, -0.2) is 15.0 Å². The van der Waals surface area contributed by atoms with Crippen LogP contribution in [0.15, 0.2) is 36.4 Å². The van der Waals surface area contributed by atoms with Gasteiger partial charge in [0, 0.05) is 32.0 Å². The minimum atomic E-state index is -0.304. The van der Waals surface area contributed by atoms with Crippen LogP contribution in [0.1, 0.15) is 25.0 Å². The largest absolute Gasteiger partial charge is 0.391 e. The van der Waals surface area contributed by atoms with Crippen molar-refractivity contribution < 1.29 is 15.2 Å². The third kappa shape index (κ3) is 3.92. The number of fused-ring (bicyclic) bond motifs is 2. The average Bonchev–Trinajstić information content (AvgIpc) is 3.45. The van der Waals surface area contributed by atoms with Crippen molar-refractivity contribution in [1.82, 2.24) is 24.6 Å². The zero-order valence-corrected chi connectivity index (χ0v) is 18.7. The van der Waals surface area contributed by atoms with Crippen molar-refractivity contribution in [2.45, 2.75) is 38.3 Å². The molecule has 0 saturated carbocycles. The van der Waals surface area contributed by atoms with E-state index in [0.29, 0.717) is 12.6 Å². The van der Waals surface area contributed by atoms with Crippen molar-refractivity contribution >= 4 is 28.3 Å². The number of quaternary nitrogens is 1. The second kappa shape index (κ2) is 8.33. The van der Waals surface area contributed by atoms with Crippen LogP contribution in [0.5, 0.6) is 0 Å². The Bertz CT molecular complexity index is 1320. The molecule has 1 atom stereocenters. The minimum absolute atomic E-state index is 0.304. The molecule has 6 rings (SSSR count). The maximum absolute atomic E-state index is 10.1. The summed E-state index contributed by atoms with van der Waals surface area (Å²) in [7, 11) is 0. The Morgan fingerprint density at radius 3 is 2.58 bits per heavy atom. The van der Waals surface area contributed by atoms with E-state index in [1.165, 1.54) is 0 Å². The molecule has 4 aromatic rings. The minimum Gasteiger partial charge on any atom is -0.391 e. The van der Waals surface area contributed by atoms with Crippen LogP contribution < -0.4 is 10.2 Å². The summed E-state index contributed by atoms with van der Waals surface area (Å²) in [6.07, 6.45) is 2.47. The second-order valence-corrected chi connectivity index (χ2v) is 8.99. The van der Waals surface area contributed by atoms with E-state index in [9.17, 15) is 5.11 Å². The smallest absolute Gasteiger partial charge is 0.231 e. The van der Waals surface area contributed by atoms with Gasteiger partial charge in [-0.15, -0.1) is 0 Å². The summed E-state index contributed by atoms with van der Waals surface area (Å²) in [6.45, 7) is 4.96. The first-order valence-electron chi connectivity index (χ1n) is 11.6. The molecule has 1 unspecified atom stereocenters. The fourth-order valence-electron chi connectivity index (χ4n) is 4.79. The molecule has 3 aromatic heterocycles. The summed E-state index contributed by atoms with van der Waals surface area (Å²) in [4.78, 5) is 16.7. The van der Waals surface area contributed by atoms with Gasteiger partial charge in [-0.2, -0.15) is 9.61 Å². The van der Waals surface area contributed by atoms with Crippen molar-refractivity contribution in [3.63, 3.8) is 0 Å². The van der Waals surface area contributed by atoms with Gasteiger partial charge in [-0.3, -0.25) is 5.32 Å². The highest BCUT2D eigenvalue weighted by atomic mass is 16.5. The fourth-order valence-corrected chi connectivity index (χ4v) is 4.79. The maximum Gasteiger partial charge on any atom is 0.231 e. The SMILES string of the molecule is Cc1nc2ccccc2nc1-c1cc2nc(N3CCC(O)C3)cc([NH2+]C3CCOCC3)n2n1. The lowest BCUT2D eigenvalue weighted by molar-refractivity contribution is -0.620. The number of aliphatic hydroxyl groups is 1. The molecule has 2 fully saturated rings. The zero-order chi connectivity index (χ0) is 22.4. The number of aliphatic hydroxyl groups excluding tert-OH is 1. The Labute approximate surface area is 191 Å². The lowest BCUT2D eigenvalue weighted by atomic mass is 10.1. The molecule has 9 nitrogen and oxygen atoms in total. The molecule has 2 aliphatic heterocycles. The van der Waals surface area contributed by atoms with Gasteiger partial charge in [0.1, 0.15) is 17.2 Å². The molecule has 5 heterocycles. The van der Waals surface area contributed by atoms with E-state index >= 15 is 0 Å². The number of hydrogen-bond acceptors (Lipinski definition) is 7. The topological polar surface area (TPSA) is 105 Å². The average molecular weight is 447 g/mol. The highest BCUT2D eigenvalue weighted by molar-refractivity contribution is 5.78. The Balaban J connectivity index is 1.45. The number of rotatable bonds is 4. The van der Waals surface area contributed by atoms with E-state index in [-0.39, 0.29) is 6.10 Å². The lowest BCUT2D eigenvalue weighted by Gasteiger charge is -2.21. The van der Waals surface area contributed by atoms with Crippen LogP contribution >= 0.6 is 0 Å². The Hall–Kier alpha value is -3.14. The molecule has 0 amide bonds. The predicted molar refractivity (Wildman–Crippen MR) is 125 cm³/mol. The molecule has 1 aromatic carbocycles. The van der Waals surface area contributed by atoms with Crippen LogP contribution in [0.3, 0.4) is 0 Å². The predicted octanol–water partition coefficient (Wildman–Crippen LogP) is 1.59. The molecule has 0 aliphatic carbocycles. The number of aromatic nitrogens is 5. The van der Waals surface area contributed by atoms with E-state index in [2.05, 4.69) is 16.3 Å². The van der Waals surface area contributed by atoms with Gasteiger partial charge in [0.15, 0.2) is 5.65 Å². The quantitative estimate of drug-likeness (QED) is 0.490. The number of anilines is 1. The van der Waals surface area contributed by atoms with Gasteiger partial charge >= 0.3 is 0 Å². The highest BCUT2D eigenvalue weighted by Gasteiger charge is 2.26. The van der Waals surface area contributed by atoms with E-state index in [0.717, 1.165) is 84.4 Å². The van der Waals surface area contributed by atoms with Crippen molar-refractivity contribution in [2.75, 3.05) is 31.2 Å². The summed E-state index contributed by atoms with van der Waals surface area (Å²) >= 11 is 0. The third-order valence-corrected chi connectivity index (χ3v) is 6.59. The first kappa shape index (κ1) is 20.5. The van der Waals surface area contributed by atoms with E-state index < -0.39 is 0 Å². The van der Waals surface area contributed by atoms with Gasteiger partial charge in [-0.1, -0.05) is 12.1 Å². The van der Waals surface area contributed by atoms with Crippen LogP contribution in [0.2, 0.25) is 0 Å². The molecule has 170 valence electrons. The van der Waals surface area contributed by atoms with E-state index in [4.69, 9.17) is 24.8 Å².